The first kappa shape index (κ1) is 18.0. The van der Waals surface area contributed by atoms with Crippen LogP contribution in [0.25, 0.3) is 0 Å². The van der Waals surface area contributed by atoms with Gasteiger partial charge in [0, 0.05) is 36.9 Å². The second-order valence-corrected chi connectivity index (χ2v) is 9.07. The van der Waals surface area contributed by atoms with E-state index >= 15 is 0 Å². The van der Waals surface area contributed by atoms with Crippen LogP contribution in [0, 0.1) is 5.92 Å². The third-order valence-electron chi connectivity index (χ3n) is 4.35. The Morgan fingerprint density at radius 2 is 2.08 bits per heavy atom. The van der Waals surface area contributed by atoms with Crippen LogP contribution in [0.5, 0.6) is 0 Å². The third-order valence-corrected chi connectivity index (χ3v) is 7.11. The molecule has 1 aliphatic rings. The van der Waals surface area contributed by atoms with Gasteiger partial charge < -0.3 is 5.32 Å². The highest BCUT2D eigenvalue weighted by atomic mass is 32.2. The molecule has 0 aromatic carbocycles. The van der Waals surface area contributed by atoms with Crippen molar-refractivity contribution in [2.75, 3.05) is 19.6 Å². The van der Waals surface area contributed by atoms with Gasteiger partial charge in [-0.3, -0.25) is 9.78 Å². The molecule has 6 nitrogen and oxygen atoms in total. The van der Waals surface area contributed by atoms with Gasteiger partial charge in [-0.2, -0.15) is 4.31 Å². The fourth-order valence-corrected chi connectivity index (χ4v) is 5.03. The summed E-state index contributed by atoms with van der Waals surface area (Å²) in [5.41, 5.74) is 0. The first-order chi connectivity index (χ1) is 12.1. The molecule has 0 unspecified atom stereocenters. The maximum atomic E-state index is 12.6. The molecule has 3 rings (SSSR count). The summed E-state index contributed by atoms with van der Waals surface area (Å²) in [6, 6.07) is 7.08. The summed E-state index contributed by atoms with van der Waals surface area (Å²) in [5, 5.41) is 4.93. The van der Waals surface area contributed by atoms with E-state index in [0.29, 0.717) is 32.0 Å². The van der Waals surface area contributed by atoms with Gasteiger partial charge in [-0.25, -0.2) is 8.42 Å². The largest absolute Gasteiger partial charge is 0.356 e. The number of carbonyl (C=O) groups excluding carboxylic acids is 1. The monoisotopic (exact) mass is 379 g/mol. The Balaban J connectivity index is 1.46. The van der Waals surface area contributed by atoms with Crippen LogP contribution in [0.4, 0.5) is 0 Å². The predicted octanol–water partition coefficient (Wildman–Crippen LogP) is 1.90. The van der Waals surface area contributed by atoms with Crippen molar-refractivity contribution in [2.24, 2.45) is 5.92 Å². The summed E-state index contributed by atoms with van der Waals surface area (Å²) < 4.78 is 26.6. The van der Waals surface area contributed by atoms with Gasteiger partial charge in [0.2, 0.25) is 15.9 Å². The quantitative estimate of drug-likeness (QED) is 0.831. The van der Waals surface area contributed by atoms with Crippen LogP contribution >= 0.6 is 11.3 Å². The van der Waals surface area contributed by atoms with Crippen molar-refractivity contribution < 1.29 is 13.2 Å². The second-order valence-electron chi connectivity index (χ2n) is 6.10. The lowest BCUT2D eigenvalue weighted by Crippen LogP contribution is -2.41. The molecular weight excluding hydrogens is 358 g/mol. The molecule has 1 amide bonds. The molecule has 0 bridgehead atoms. The summed E-state index contributed by atoms with van der Waals surface area (Å²) in [7, 11) is -3.47. The molecule has 0 aliphatic carbocycles. The molecule has 2 aromatic heterocycles. The molecule has 134 valence electrons. The van der Waals surface area contributed by atoms with Gasteiger partial charge in [0.25, 0.3) is 0 Å². The minimum Gasteiger partial charge on any atom is -0.356 e. The maximum absolute atomic E-state index is 12.6. The van der Waals surface area contributed by atoms with Crippen LogP contribution < -0.4 is 5.32 Å². The van der Waals surface area contributed by atoms with Crippen LogP contribution in [-0.2, 0) is 21.2 Å². The van der Waals surface area contributed by atoms with Crippen LogP contribution in [0.1, 0.15) is 17.7 Å². The number of thiophene rings is 1. The number of piperidine rings is 1. The number of amides is 1. The molecule has 1 saturated heterocycles. The molecule has 1 N–H and O–H groups in total. The van der Waals surface area contributed by atoms with Gasteiger partial charge in [-0.1, -0.05) is 6.07 Å². The SMILES string of the molecule is O=C(Cc1cccs1)NCC1CCN(S(=O)(=O)c2cccnc2)CC1. The van der Waals surface area contributed by atoms with Crippen molar-refractivity contribution in [2.45, 2.75) is 24.2 Å². The van der Waals surface area contributed by atoms with Gasteiger partial charge in [-0.05, 0) is 42.3 Å². The zero-order valence-corrected chi connectivity index (χ0v) is 15.4. The fourth-order valence-electron chi connectivity index (χ4n) is 2.89. The van der Waals surface area contributed by atoms with E-state index in [2.05, 4.69) is 10.3 Å². The maximum Gasteiger partial charge on any atom is 0.244 e. The number of nitrogens with zero attached hydrogens (tertiary/aromatic N) is 2. The highest BCUT2D eigenvalue weighted by molar-refractivity contribution is 7.89. The van der Waals surface area contributed by atoms with Gasteiger partial charge >= 0.3 is 0 Å². The number of aromatic nitrogens is 1. The summed E-state index contributed by atoms with van der Waals surface area (Å²) in [6.45, 7) is 1.55. The highest BCUT2D eigenvalue weighted by Crippen LogP contribution is 2.23. The van der Waals surface area contributed by atoms with Gasteiger partial charge in [0.15, 0.2) is 0 Å². The zero-order valence-electron chi connectivity index (χ0n) is 13.8. The zero-order chi connectivity index (χ0) is 17.7. The number of rotatable bonds is 6. The minimum absolute atomic E-state index is 0.0212. The van der Waals surface area contributed by atoms with E-state index in [1.165, 1.54) is 10.5 Å². The van der Waals surface area contributed by atoms with Crippen LogP contribution in [-0.4, -0.2) is 43.2 Å². The second kappa shape index (κ2) is 8.07. The number of carbonyl (C=O) groups is 1. The third kappa shape index (κ3) is 4.65. The molecule has 3 heterocycles. The normalized spacial score (nSPS) is 16.6. The van der Waals surface area contributed by atoms with E-state index < -0.39 is 10.0 Å². The fraction of sp³-hybridized carbons (Fsp3) is 0.412. The predicted molar refractivity (Wildman–Crippen MR) is 96.8 cm³/mol. The van der Waals surface area contributed by atoms with E-state index in [-0.39, 0.29) is 10.8 Å². The van der Waals surface area contributed by atoms with Gasteiger partial charge in [-0.15, -0.1) is 11.3 Å². The molecule has 1 fully saturated rings. The van der Waals surface area contributed by atoms with Crippen molar-refractivity contribution in [3.8, 4) is 0 Å². The van der Waals surface area contributed by atoms with Gasteiger partial charge in [0.1, 0.15) is 4.90 Å². The first-order valence-corrected chi connectivity index (χ1v) is 10.6. The lowest BCUT2D eigenvalue weighted by molar-refractivity contribution is -0.120. The van der Waals surface area contributed by atoms with E-state index in [0.717, 1.165) is 17.7 Å². The Labute approximate surface area is 151 Å². The van der Waals surface area contributed by atoms with E-state index in [1.807, 2.05) is 17.5 Å². The van der Waals surface area contributed by atoms with Crippen LogP contribution in [0.2, 0.25) is 0 Å². The molecule has 25 heavy (non-hydrogen) atoms. The smallest absolute Gasteiger partial charge is 0.244 e. The Hall–Kier alpha value is -1.77. The first-order valence-electron chi connectivity index (χ1n) is 8.25. The van der Waals surface area contributed by atoms with Crippen molar-refractivity contribution in [1.82, 2.24) is 14.6 Å². The van der Waals surface area contributed by atoms with E-state index in [1.54, 1.807) is 29.7 Å². The van der Waals surface area contributed by atoms with E-state index in [4.69, 9.17) is 0 Å². The summed E-state index contributed by atoms with van der Waals surface area (Å²) >= 11 is 1.57. The number of hydrogen-bond acceptors (Lipinski definition) is 5. The van der Waals surface area contributed by atoms with Crippen molar-refractivity contribution in [1.29, 1.82) is 0 Å². The molecule has 2 aromatic rings. The standard InChI is InChI=1S/C17H21N3O3S2/c21-17(11-15-3-2-10-24-15)19-12-14-5-8-20(9-6-14)25(22,23)16-4-1-7-18-13-16/h1-4,7,10,13-14H,5-6,8-9,11-12H2,(H,19,21). The van der Waals surface area contributed by atoms with Crippen molar-refractivity contribution >= 4 is 27.3 Å². The summed E-state index contributed by atoms with van der Waals surface area (Å²) in [5.74, 6) is 0.334. The van der Waals surface area contributed by atoms with Crippen molar-refractivity contribution in [3.05, 3.63) is 46.9 Å². The molecular formula is C17H21N3O3S2. The van der Waals surface area contributed by atoms with E-state index in [9.17, 15) is 13.2 Å². The van der Waals surface area contributed by atoms with Gasteiger partial charge in [0.05, 0.1) is 6.42 Å². The average molecular weight is 380 g/mol. The average Bonchev–Trinajstić information content (AvgIpc) is 3.14. The van der Waals surface area contributed by atoms with Crippen LogP contribution in [0.3, 0.4) is 0 Å². The van der Waals surface area contributed by atoms with Crippen LogP contribution in [0.15, 0.2) is 46.9 Å². The minimum atomic E-state index is -3.47. The summed E-state index contributed by atoms with van der Waals surface area (Å²) in [6.07, 6.45) is 4.85. The lowest BCUT2D eigenvalue weighted by Gasteiger charge is -2.31. The highest BCUT2D eigenvalue weighted by Gasteiger charge is 2.29. The Morgan fingerprint density at radius 1 is 1.28 bits per heavy atom. The number of hydrogen-bond donors (Lipinski definition) is 1. The number of pyridine rings is 1. The molecule has 0 atom stereocenters. The Morgan fingerprint density at radius 3 is 2.72 bits per heavy atom. The topological polar surface area (TPSA) is 79.4 Å². The molecule has 1 aliphatic heterocycles. The Kier molecular flexibility index (Phi) is 5.82. The number of sulfonamides is 1. The van der Waals surface area contributed by atoms with Crippen molar-refractivity contribution in [3.63, 3.8) is 0 Å². The molecule has 0 radical (unpaired) electrons. The Bertz CT molecular complexity index is 784. The number of nitrogens with one attached hydrogen (secondary N) is 1. The summed E-state index contributed by atoms with van der Waals surface area (Å²) in [4.78, 5) is 17.1. The molecule has 8 heteroatoms. The lowest BCUT2D eigenvalue weighted by atomic mass is 9.98. The molecule has 0 saturated carbocycles. The molecule has 0 spiro atoms.